The van der Waals surface area contributed by atoms with E-state index in [1.165, 1.54) is 44.7 Å². The highest BCUT2D eigenvalue weighted by molar-refractivity contribution is 7.91. The number of methoxy groups -OCH3 is 3. The van der Waals surface area contributed by atoms with Crippen LogP contribution in [0.2, 0.25) is 10.0 Å². The van der Waals surface area contributed by atoms with Gasteiger partial charge in [-0.3, -0.25) is 14.6 Å². The van der Waals surface area contributed by atoms with Gasteiger partial charge in [0.15, 0.2) is 93.2 Å². The number of thiophene rings is 2. The molecular formula is C96H99Cl2N17O21S6. The molecule has 1 amide bonds. The number of nitrogens with zero attached hydrogens (tertiary/aromatic N) is 12. The standard InChI is InChI=1S/C31H37N5O6S.C27H26N8O5S.C19H20ClN3O4S2.C19H16ClNO6S2/c1-31(2,3)21-12-15-27(34-17-21)43(37,38)19-24-28(42-26-9-7-6-8-25(26)40-5)30(41-18-22(33)16-32)36-29(35-24)20-10-13-23(39-4)14-11-20;1-17-7-8-24(30-14-17)41(36,37)16-21-25(40-23-6-4-3-5-22(23)38-2)27(39-12-10-28)33-26(32-21)18-9-11-29-19(13-18)20-15-31-35-34-20;1-9-7-10(2)17(11(3)16(9)21)22-19(24)18-14(5-6-28-18)29(25,26)8-13-15(20)12(4)23-27-13;1-10-5-14-15(26-9-25-14)7-12(10)6-13(22)19-17(3-4-28-19)29(23,24)8-16-18(20)11(2)21-27-16/h6-15,17,22H,16,18-19,32-33H2,1-5H3;3-9,11,13-14H,10,12,15-16,28H2,1-2H3;5-7H,8,21H2,1-4H3,(H,22,24);3-5,7H,6,8-9H2,1-2H3. The number of nitrogens with one attached hydrogen (secondary N) is 1. The summed E-state index contributed by atoms with van der Waals surface area (Å²) in [7, 11) is -11.1. The molecule has 5 aromatic carbocycles. The van der Waals surface area contributed by atoms with Crippen molar-refractivity contribution < 1.29 is 94.9 Å². The molecule has 9 aromatic heterocycles. The van der Waals surface area contributed by atoms with Crippen molar-refractivity contribution in [2.75, 3.05) is 72.0 Å². The van der Waals surface area contributed by atoms with E-state index in [0.29, 0.717) is 92.1 Å². The number of Topliss-reactive ketones (excluding diaryl/α,β-unsaturated/α-hetero) is 1. The van der Waals surface area contributed by atoms with Crippen LogP contribution in [0.25, 0.3) is 22.8 Å². The lowest BCUT2D eigenvalue weighted by Crippen LogP contribution is -2.35. The molecule has 142 heavy (non-hydrogen) atoms. The highest BCUT2D eigenvalue weighted by atomic mass is 35.5. The second-order valence-electron chi connectivity index (χ2n) is 33.0. The van der Waals surface area contributed by atoms with Gasteiger partial charge in [0.2, 0.25) is 38.0 Å². The maximum atomic E-state index is 13.7. The Morgan fingerprint density at radius 2 is 1.11 bits per heavy atom. The number of halogens is 2. The van der Waals surface area contributed by atoms with Crippen LogP contribution in [0.3, 0.4) is 0 Å². The van der Waals surface area contributed by atoms with Crippen LogP contribution in [0.1, 0.15) is 119 Å². The summed E-state index contributed by atoms with van der Waals surface area (Å²) in [6.07, 6.45) is 4.68. The number of anilines is 2. The Morgan fingerprint density at radius 3 is 1.62 bits per heavy atom. The fraction of sp³-hybridized carbons (Fsp3) is 0.271. The Bertz CT molecular complexity index is 7550. The largest absolute Gasteiger partial charge is 0.497 e. The number of pyridine rings is 3. The van der Waals surface area contributed by atoms with E-state index in [-0.39, 0.29) is 148 Å². The number of hydrogen-bond donors (Lipinski definition) is 5. The minimum Gasteiger partial charge on any atom is -0.497 e. The maximum absolute atomic E-state index is 13.7. The Labute approximate surface area is 836 Å². The summed E-state index contributed by atoms with van der Waals surface area (Å²) >= 11 is 14.2. The second-order valence-corrected chi connectivity index (χ2v) is 43.4. The lowest BCUT2D eigenvalue weighted by atomic mass is 9.88. The van der Waals surface area contributed by atoms with Crippen molar-refractivity contribution in [1.29, 1.82) is 0 Å². The van der Waals surface area contributed by atoms with Crippen molar-refractivity contribution in [3.05, 3.63) is 268 Å². The lowest BCUT2D eigenvalue weighted by molar-refractivity contribution is 0.0991. The molecule has 0 radical (unpaired) electrons. The number of benzene rings is 5. The first kappa shape index (κ1) is 106. The molecule has 0 aliphatic carbocycles. The predicted molar refractivity (Wildman–Crippen MR) is 534 cm³/mol. The number of ether oxygens (including phenoxy) is 9. The van der Waals surface area contributed by atoms with E-state index in [1.54, 1.807) is 147 Å². The first-order valence-corrected chi connectivity index (χ1v) is 52.4. The lowest BCUT2D eigenvalue weighted by Gasteiger charge is -2.19. The van der Waals surface area contributed by atoms with Crippen LogP contribution in [0.15, 0.2) is 213 Å². The Hall–Kier alpha value is -13.8. The fourth-order valence-electron chi connectivity index (χ4n) is 13.8. The van der Waals surface area contributed by atoms with Gasteiger partial charge in [-0.1, -0.05) is 96.8 Å². The van der Waals surface area contributed by atoms with Crippen molar-refractivity contribution in [3.63, 3.8) is 0 Å². The quantitative estimate of drug-likeness (QED) is 0.0185. The SMILES string of the molecule is COc1ccc(-c2nc(CS(=O)(=O)c3ccc(C(C)(C)C)cn3)c(Oc3ccccc3OC)c(OCC(N)CN)n2)cc1.COc1ccccc1Oc1c(CS(=O)(=O)c2ccc(C)cn2)nc(-c2ccnc(C3=NN=NC3)c2)nc1OCCN.Cc1cc(C)c(NC(=O)c2sccc2S(=O)(=O)Cc2onc(C)c2Cl)c(C)c1N.Cc1cc2c(cc1CC(=O)c1sccc1S(=O)(=O)Cc1onc(C)c1Cl)OCO2. The third-order valence-corrected chi connectivity index (χ3v) is 31.0. The number of carbonyl (C=O) groups excluding carboxylic acids is 2. The van der Waals surface area contributed by atoms with Gasteiger partial charge in [0.25, 0.3) is 17.7 Å². The van der Waals surface area contributed by atoms with Crippen LogP contribution in [0, 0.1) is 48.5 Å². The molecule has 46 heteroatoms. The summed E-state index contributed by atoms with van der Waals surface area (Å²) in [6, 6.07) is 38.4. The number of fused-ring (bicyclic) bond motifs is 1. The minimum atomic E-state index is -4.00. The van der Waals surface area contributed by atoms with Crippen molar-refractivity contribution >= 4 is 114 Å². The summed E-state index contributed by atoms with van der Waals surface area (Å²) in [6.45, 7) is 19.4. The van der Waals surface area contributed by atoms with Gasteiger partial charge in [0.05, 0.1) is 59.1 Å². The van der Waals surface area contributed by atoms with E-state index in [4.69, 9.17) is 97.8 Å². The predicted octanol–water partition coefficient (Wildman–Crippen LogP) is 16.4. The molecular weight excluding hydrogens is 1990 g/mol. The number of aryl methyl sites for hydroxylation is 6. The van der Waals surface area contributed by atoms with Gasteiger partial charge in [0, 0.05) is 60.6 Å². The number of hydrogen-bond acceptors (Lipinski definition) is 39. The third-order valence-electron chi connectivity index (χ3n) is 21.5. The van der Waals surface area contributed by atoms with Gasteiger partial charge < -0.3 is 79.9 Å². The molecule has 16 rings (SSSR count). The molecule has 2 aliphatic rings. The van der Waals surface area contributed by atoms with Gasteiger partial charge in [-0.15, -0.1) is 27.8 Å². The van der Waals surface area contributed by atoms with Crippen LogP contribution in [0.5, 0.6) is 63.5 Å². The van der Waals surface area contributed by atoms with Gasteiger partial charge in [0.1, 0.15) is 80.5 Å². The van der Waals surface area contributed by atoms with Crippen LogP contribution in [0.4, 0.5) is 11.4 Å². The number of para-hydroxylation sites is 4. The average molecular weight is 2090 g/mol. The van der Waals surface area contributed by atoms with Gasteiger partial charge in [-0.2, -0.15) is 15.1 Å². The maximum Gasteiger partial charge on any atom is 0.267 e. The van der Waals surface area contributed by atoms with E-state index >= 15 is 0 Å². The Morgan fingerprint density at radius 1 is 0.570 bits per heavy atom. The van der Waals surface area contributed by atoms with Crippen molar-refractivity contribution in [1.82, 2.24) is 45.2 Å². The zero-order valence-corrected chi connectivity index (χ0v) is 85.4. The number of nitrogens with two attached hydrogens (primary N) is 4. The first-order chi connectivity index (χ1) is 67.6. The van der Waals surface area contributed by atoms with E-state index in [0.717, 1.165) is 61.6 Å². The Kier molecular flexibility index (Phi) is 34.1. The van der Waals surface area contributed by atoms with Crippen molar-refractivity contribution in [2.24, 2.45) is 32.6 Å². The topological polar surface area (TPSA) is 549 Å². The molecule has 11 heterocycles. The summed E-state index contributed by atoms with van der Waals surface area (Å²) in [5.41, 5.74) is 33.5. The highest BCUT2D eigenvalue weighted by Crippen LogP contribution is 2.45. The first-order valence-electron chi connectivity index (χ1n) is 43.3. The number of rotatable bonds is 34. The van der Waals surface area contributed by atoms with Gasteiger partial charge >= 0.3 is 0 Å². The van der Waals surface area contributed by atoms with E-state index in [1.807, 2.05) is 67.5 Å². The van der Waals surface area contributed by atoms with Crippen molar-refractivity contribution in [3.8, 4) is 86.3 Å². The number of ketones is 1. The number of sulfone groups is 4. The van der Waals surface area contributed by atoms with Gasteiger partial charge in [-0.05, 0) is 206 Å². The second kappa shape index (κ2) is 45.9. The summed E-state index contributed by atoms with van der Waals surface area (Å²) in [5, 5.41) is 24.9. The zero-order chi connectivity index (χ0) is 102. The zero-order valence-electron chi connectivity index (χ0n) is 79.0. The molecule has 1 atom stereocenters. The molecule has 1 unspecified atom stereocenters. The van der Waals surface area contributed by atoms with Crippen molar-refractivity contribution in [2.45, 2.75) is 130 Å². The molecule has 0 saturated carbocycles. The summed E-state index contributed by atoms with van der Waals surface area (Å²) in [4.78, 5) is 57.2. The van der Waals surface area contributed by atoms with Crippen LogP contribution in [-0.4, -0.2) is 163 Å². The molecule has 2 aliphatic heterocycles. The molecule has 0 fully saturated rings. The van der Waals surface area contributed by atoms with E-state index < -0.39 is 74.3 Å². The summed E-state index contributed by atoms with van der Waals surface area (Å²) < 4.78 is 167. The molecule has 0 saturated heterocycles. The molecule has 0 bridgehead atoms. The fourth-order valence-corrected chi connectivity index (χ4v) is 22.0. The Balaban J connectivity index is 0.000000161. The smallest absolute Gasteiger partial charge is 0.267 e. The van der Waals surface area contributed by atoms with Gasteiger partial charge in [-0.25, -0.2) is 53.6 Å². The number of carbonyl (C=O) groups is 2. The highest BCUT2D eigenvalue weighted by Gasteiger charge is 2.35. The average Bonchev–Trinajstić information content (AvgIpc) is 0.957. The number of nitrogen functional groups attached to an aromatic ring is 1. The monoisotopic (exact) mass is 2090 g/mol. The van der Waals surface area contributed by atoms with E-state index in [2.05, 4.69) is 66.0 Å². The number of amides is 1. The van der Waals surface area contributed by atoms with E-state index in [9.17, 15) is 43.3 Å². The molecule has 9 N–H and O–H groups in total. The normalized spacial score (nSPS) is 12.5. The summed E-state index contributed by atoms with van der Waals surface area (Å²) in [5.74, 6) is 0.954. The third kappa shape index (κ3) is 25.6. The molecule has 38 nitrogen and oxygen atoms in total. The minimum absolute atomic E-state index is 0.000137. The number of aromatic nitrogens is 9. The van der Waals surface area contributed by atoms with Crippen LogP contribution >= 0.6 is 45.9 Å². The van der Waals surface area contributed by atoms with Crippen LogP contribution < -0.4 is 70.9 Å². The van der Waals surface area contributed by atoms with Crippen LogP contribution in [-0.2, 0) is 74.2 Å². The molecule has 744 valence electrons. The molecule has 0 spiro atoms. The molecule has 14 aromatic rings.